The summed E-state index contributed by atoms with van der Waals surface area (Å²) in [7, 11) is 0. The number of aryl methyl sites for hydroxylation is 1. The zero-order valence-corrected chi connectivity index (χ0v) is 20.2. The predicted molar refractivity (Wildman–Crippen MR) is 130 cm³/mol. The second-order valence-corrected chi connectivity index (χ2v) is 9.06. The highest BCUT2D eigenvalue weighted by atomic mass is 79.9. The van der Waals surface area contributed by atoms with Gasteiger partial charge in [-0.25, -0.2) is 4.98 Å². The van der Waals surface area contributed by atoms with Crippen molar-refractivity contribution in [2.24, 2.45) is 0 Å². The molecule has 0 fully saturated rings. The van der Waals surface area contributed by atoms with E-state index in [0.717, 1.165) is 39.9 Å². The fourth-order valence-electron chi connectivity index (χ4n) is 2.79. The molecular formula is C22H30BrN3S2. The molecule has 0 saturated carbocycles. The van der Waals surface area contributed by atoms with E-state index in [-0.39, 0.29) is 0 Å². The van der Waals surface area contributed by atoms with Gasteiger partial charge < -0.3 is 10.2 Å². The minimum atomic E-state index is 0.833. The van der Waals surface area contributed by atoms with Crippen LogP contribution in [0.1, 0.15) is 50.8 Å². The van der Waals surface area contributed by atoms with Gasteiger partial charge in [-0.3, -0.25) is 0 Å². The molecule has 0 spiro atoms. The Labute approximate surface area is 187 Å². The lowest BCUT2D eigenvalue weighted by Gasteiger charge is -2.26. The number of thioether (sulfide) groups is 1. The van der Waals surface area contributed by atoms with Crippen LogP contribution in [0.25, 0.3) is 0 Å². The van der Waals surface area contributed by atoms with Gasteiger partial charge in [0.1, 0.15) is 4.60 Å². The predicted octanol–water partition coefficient (Wildman–Crippen LogP) is 7.04. The number of rotatable bonds is 10. The molecule has 1 heterocycles. The van der Waals surface area contributed by atoms with Crippen molar-refractivity contribution in [2.45, 2.75) is 57.1 Å². The molecule has 0 saturated heterocycles. The molecule has 3 nitrogen and oxygen atoms in total. The van der Waals surface area contributed by atoms with Crippen LogP contribution < -0.4 is 5.32 Å². The molecule has 152 valence electrons. The lowest BCUT2D eigenvalue weighted by atomic mass is 10.2. The van der Waals surface area contributed by atoms with E-state index in [1.807, 2.05) is 23.9 Å². The highest BCUT2D eigenvalue weighted by molar-refractivity contribution is 9.10. The largest absolute Gasteiger partial charge is 0.349 e. The number of thiocarbonyl (C=S) groups is 1. The van der Waals surface area contributed by atoms with Crippen LogP contribution in [0, 0.1) is 6.92 Å². The Bertz CT molecular complexity index is 759. The molecule has 0 unspecified atom stereocenters. The van der Waals surface area contributed by atoms with Gasteiger partial charge in [-0.1, -0.05) is 32.8 Å². The van der Waals surface area contributed by atoms with E-state index in [0.29, 0.717) is 0 Å². The Balaban J connectivity index is 1.97. The van der Waals surface area contributed by atoms with Crippen molar-refractivity contribution in [2.75, 3.05) is 18.4 Å². The van der Waals surface area contributed by atoms with Crippen molar-refractivity contribution in [3.63, 3.8) is 0 Å². The maximum Gasteiger partial charge on any atom is 0.173 e. The zero-order chi connectivity index (χ0) is 20.4. The van der Waals surface area contributed by atoms with Gasteiger partial charge >= 0.3 is 0 Å². The number of hydrogen-bond donors (Lipinski definition) is 1. The summed E-state index contributed by atoms with van der Waals surface area (Å²) in [5.74, 6) is 0.854. The van der Waals surface area contributed by atoms with Crippen LogP contribution in [0.4, 0.5) is 5.69 Å². The first kappa shape index (κ1) is 23.2. The summed E-state index contributed by atoms with van der Waals surface area (Å²) < 4.78 is 0.881. The van der Waals surface area contributed by atoms with E-state index < -0.39 is 0 Å². The molecule has 6 heteroatoms. The van der Waals surface area contributed by atoms with Gasteiger partial charge in [0.25, 0.3) is 0 Å². The van der Waals surface area contributed by atoms with Crippen LogP contribution in [0.5, 0.6) is 0 Å². The molecule has 0 aliphatic rings. The quantitative estimate of drug-likeness (QED) is 0.224. The Morgan fingerprint density at radius 3 is 2.46 bits per heavy atom. The standard InChI is InChI=1S/C22H30BrN3S2/c1-4-6-13-26(14-7-5-2)22(27)25-18-11-12-20(17(3)15-18)28-16-19-9-8-10-21(23)24-19/h8-12,15H,4-7,13-14,16H2,1-3H3,(H,25,27). The van der Waals surface area contributed by atoms with Crippen molar-refractivity contribution < 1.29 is 0 Å². The second kappa shape index (κ2) is 12.5. The molecule has 2 aromatic rings. The average molecular weight is 481 g/mol. The molecule has 0 aliphatic carbocycles. The minimum absolute atomic E-state index is 0.833. The molecular weight excluding hydrogens is 450 g/mol. The number of unbranched alkanes of at least 4 members (excludes halogenated alkanes) is 2. The summed E-state index contributed by atoms with van der Waals surface area (Å²) in [4.78, 5) is 8.08. The van der Waals surface area contributed by atoms with Crippen LogP contribution in [0.2, 0.25) is 0 Å². The first-order valence-corrected chi connectivity index (χ1v) is 12.1. The number of nitrogens with zero attached hydrogens (tertiary/aromatic N) is 2. The smallest absolute Gasteiger partial charge is 0.173 e. The number of pyridine rings is 1. The van der Waals surface area contributed by atoms with Crippen molar-refractivity contribution in [3.8, 4) is 0 Å². The highest BCUT2D eigenvalue weighted by Gasteiger charge is 2.10. The zero-order valence-electron chi connectivity index (χ0n) is 17.0. The van der Waals surface area contributed by atoms with Crippen molar-refractivity contribution >= 4 is 50.7 Å². The van der Waals surface area contributed by atoms with E-state index in [9.17, 15) is 0 Å². The Morgan fingerprint density at radius 2 is 1.86 bits per heavy atom. The summed E-state index contributed by atoms with van der Waals surface area (Å²) in [6.45, 7) is 8.64. The molecule has 1 aromatic heterocycles. The van der Waals surface area contributed by atoms with E-state index >= 15 is 0 Å². The van der Waals surface area contributed by atoms with Gasteiger partial charge in [-0.15, -0.1) is 11.8 Å². The minimum Gasteiger partial charge on any atom is -0.349 e. The van der Waals surface area contributed by atoms with E-state index in [1.54, 1.807) is 0 Å². The molecule has 2 rings (SSSR count). The van der Waals surface area contributed by atoms with Crippen molar-refractivity contribution in [1.82, 2.24) is 9.88 Å². The Kier molecular flexibility index (Phi) is 10.3. The lowest BCUT2D eigenvalue weighted by molar-refractivity contribution is 0.403. The van der Waals surface area contributed by atoms with Gasteiger partial charge in [0.15, 0.2) is 5.11 Å². The van der Waals surface area contributed by atoms with Crippen molar-refractivity contribution in [1.29, 1.82) is 0 Å². The van der Waals surface area contributed by atoms with Crippen LogP contribution >= 0.6 is 39.9 Å². The van der Waals surface area contributed by atoms with Gasteiger partial charge in [-0.2, -0.15) is 0 Å². The Hall–Kier alpha value is -1.11. The number of benzene rings is 1. The third kappa shape index (κ3) is 7.72. The van der Waals surface area contributed by atoms with E-state index in [1.165, 1.54) is 36.1 Å². The summed E-state index contributed by atoms with van der Waals surface area (Å²) in [6, 6.07) is 12.5. The summed E-state index contributed by atoms with van der Waals surface area (Å²) >= 11 is 10.9. The van der Waals surface area contributed by atoms with E-state index in [4.69, 9.17) is 12.2 Å². The molecule has 28 heavy (non-hydrogen) atoms. The number of halogens is 1. The fraction of sp³-hybridized carbons (Fsp3) is 0.455. The SMILES string of the molecule is CCCCN(CCCC)C(=S)Nc1ccc(SCc2cccc(Br)n2)c(C)c1. The van der Waals surface area contributed by atoms with E-state index in [2.05, 4.69) is 76.2 Å². The number of aromatic nitrogens is 1. The fourth-order valence-corrected chi connectivity index (χ4v) is 4.38. The van der Waals surface area contributed by atoms with Crippen LogP contribution in [0.15, 0.2) is 45.9 Å². The summed E-state index contributed by atoms with van der Waals surface area (Å²) in [5.41, 5.74) is 3.39. The normalized spacial score (nSPS) is 10.7. The highest BCUT2D eigenvalue weighted by Crippen LogP contribution is 2.28. The third-order valence-corrected chi connectivity index (χ3v) is 6.44. The molecule has 0 radical (unpaired) electrons. The molecule has 0 atom stereocenters. The van der Waals surface area contributed by atoms with Crippen LogP contribution in [0.3, 0.4) is 0 Å². The lowest BCUT2D eigenvalue weighted by Crippen LogP contribution is -2.36. The van der Waals surface area contributed by atoms with Gasteiger partial charge in [0, 0.05) is 29.4 Å². The topological polar surface area (TPSA) is 28.2 Å². The molecule has 0 amide bonds. The van der Waals surface area contributed by atoms with Gasteiger partial charge in [0.2, 0.25) is 0 Å². The van der Waals surface area contributed by atoms with Gasteiger partial charge in [-0.05, 0) is 83.8 Å². The molecule has 1 N–H and O–H groups in total. The maximum atomic E-state index is 5.68. The van der Waals surface area contributed by atoms with Gasteiger partial charge in [0.05, 0.1) is 5.69 Å². The molecule has 1 aromatic carbocycles. The monoisotopic (exact) mass is 479 g/mol. The average Bonchev–Trinajstić information content (AvgIpc) is 2.67. The van der Waals surface area contributed by atoms with Crippen LogP contribution in [-0.2, 0) is 5.75 Å². The third-order valence-electron chi connectivity index (χ3n) is 4.42. The van der Waals surface area contributed by atoms with Crippen LogP contribution in [-0.4, -0.2) is 28.1 Å². The Morgan fingerprint density at radius 1 is 1.14 bits per heavy atom. The first-order valence-electron chi connectivity index (χ1n) is 9.94. The molecule has 0 aliphatic heterocycles. The summed E-state index contributed by atoms with van der Waals surface area (Å²) in [5, 5.41) is 4.27. The number of nitrogens with one attached hydrogen (secondary N) is 1. The summed E-state index contributed by atoms with van der Waals surface area (Å²) in [6.07, 6.45) is 4.71. The second-order valence-electron chi connectivity index (χ2n) is 6.84. The molecule has 0 bridgehead atoms. The van der Waals surface area contributed by atoms with Crippen molar-refractivity contribution in [3.05, 3.63) is 52.3 Å². The maximum absolute atomic E-state index is 5.68. The number of anilines is 1. The number of hydrogen-bond acceptors (Lipinski definition) is 3. The first-order chi connectivity index (χ1) is 13.5.